The lowest BCUT2D eigenvalue weighted by Crippen LogP contribution is -2.42. The number of anilines is 1. The number of carbonyl (C=O) groups excluding carboxylic acids is 2. The zero-order valence-corrected chi connectivity index (χ0v) is 19.0. The normalized spacial score (nSPS) is 18.1. The summed E-state index contributed by atoms with van der Waals surface area (Å²) >= 11 is 1.25. The smallest absolute Gasteiger partial charge is 0.259 e. The molecule has 1 N–H and O–H groups in total. The maximum Gasteiger partial charge on any atom is 0.259 e. The monoisotopic (exact) mass is 452 g/mol. The number of nitrogens with one attached hydrogen (secondary N) is 1. The van der Waals surface area contributed by atoms with Crippen LogP contribution >= 0.6 is 11.8 Å². The third-order valence-electron chi connectivity index (χ3n) is 5.27. The molecule has 0 aromatic heterocycles. The molecule has 0 fully saturated rings. The van der Waals surface area contributed by atoms with E-state index in [0.29, 0.717) is 35.5 Å². The highest BCUT2D eigenvalue weighted by molar-refractivity contribution is 8.15. The SMILES string of the molecule is CCC(SC1=Nc2ccccc2C2=NC(CC(C)C)C(=O)N12)C(=O)Nc1ccc(F)cc1. The number of para-hydroxylation sites is 1. The Balaban J connectivity index is 1.61. The van der Waals surface area contributed by atoms with Crippen molar-refractivity contribution >= 4 is 46.0 Å². The zero-order valence-electron chi connectivity index (χ0n) is 18.2. The van der Waals surface area contributed by atoms with Gasteiger partial charge in [0, 0.05) is 11.3 Å². The molecule has 4 rings (SSSR count). The number of benzene rings is 2. The summed E-state index contributed by atoms with van der Waals surface area (Å²) in [6.45, 7) is 6.03. The number of amidine groups is 2. The van der Waals surface area contributed by atoms with E-state index in [2.05, 4.69) is 19.2 Å². The van der Waals surface area contributed by atoms with E-state index >= 15 is 0 Å². The van der Waals surface area contributed by atoms with Crippen LogP contribution < -0.4 is 5.32 Å². The van der Waals surface area contributed by atoms with Crippen LogP contribution in [0, 0.1) is 11.7 Å². The van der Waals surface area contributed by atoms with Gasteiger partial charge in [0.15, 0.2) is 5.17 Å². The number of hydrogen-bond donors (Lipinski definition) is 1. The number of rotatable bonds is 6. The summed E-state index contributed by atoms with van der Waals surface area (Å²) in [5, 5.41) is 2.79. The number of halogens is 1. The molecule has 2 unspecified atom stereocenters. The molecule has 2 atom stereocenters. The summed E-state index contributed by atoms with van der Waals surface area (Å²) in [5.74, 6) is 0.220. The second kappa shape index (κ2) is 9.24. The number of fused-ring (bicyclic) bond motifs is 3. The van der Waals surface area contributed by atoms with Crippen LogP contribution in [0.3, 0.4) is 0 Å². The Kier molecular flexibility index (Phi) is 6.41. The number of amides is 2. The molecule has 0 bridgehead atoms. The molecule has 8 heteroatoms. The van der Waals surface area contributed by atoms with Crippen molar-refractivity contribution in [3.05, 3.63) is 59.9 Å². The fraction of sp³-hybridized carbons (Fsp3) is 0.333. The predicted molar refractivity (Wildman–Crippen MR) is 127 cm³/mol. The largest absolute Gasteiger partial charge is 0.325 e. The molecule has 0 radical (unpaired) electrons. The molecule has 32 heavy (non-hydrogen) atoms. The molecule has 0 aliphatic carbocycles. The first-order valence-electron chi connectivity index (χ1n) is 10.7. The molecule has 2 aromatic carbocycles. The van der Waals surface area contributed by atoms with Gasteiger partial charge >= 0.3 is 0 Å². The van der Waals surface area contributed by atoms with E-state index in [4.69, 9.17) is 9.98 Å². The molecule has 2 heterocycles. The maximum absolute atomic E-state index is 13.2. The molecule has 6 nitrogen and oxygen atoms in total. The van der Waals surface area contributed by atoms with E-state index in [1.165, 1.54) is 36.0 Å². The van der Waals surface area contributed by atoms with Gasteiger partial charge in [0.25, 0.3) is 5.91 Å². The first kappa shape index (κ1) is 22.2. The molecule has 2 aliphatic rings. The van der Waals surface area contributed by atoms with Gasteiger partial charge in [-0.05, 0) is 55.2 Å². The van der Waals surface area contributed by atoms with Gasteiger partial charge in [0.2, 0.25) is 5.91 Å². The predicted octanol–water partition coefficient (Wildman–Crippen LogP) is 4.98. The van der Waals surface area contributed by atoms with E-state index in [1.54, 1.807) is 4.90 Å². The number of thioether (sulfide) groups is 1. The Morgan fingerprint density at radius 2 is 1.91 bits per heavy atom. The van der Waals surface area contributed by atoms with Gasteiger partial charge in [0.1, 0.15) is 17.7 Å². The van der Waals surface area contributed by atoms with Crippen LogP contribution in [0.4, 0.5) is 15.8 Å². The van der Waals surface area contributed by atoms with E-state index < -0.39 is 11.3 Å². The first-order valence-corrected chi connectivity index (χ1v) is 11.6. The lowest BCUT2D eigenvalue weighted by Gasteiger charge is -2.27. The van der Waals surface area contributed by atoms with Gasteiger partial charge in [-0.25, -0.2) is 14.3 Å². The minimum absolute atomic E-state index is 0.108. The highest BCUT2D eigenvalue weighted by atomic mass is 32.2. The Hall–Kier alpha value is -3.00. The van der Waals surface area contributed by atoms with Crippen molar-refractivity contribution < 1.29 is 14.0 Å². The van der Waals surface area contributed by atoms with Gasteiger partial charge in [-0.3, -0.25) is 14.6 Å². The Labute approximate surface area is 191 Å². The van der Waals surface area contributed by atoms with Crippen molar-refractivity contribution in [2.75, 3.05) is 5.32 Å². The summed E-state index contributed by atoms with van der Waals surface area (Å²) < 4.78 is 13.2. The van der Waals surface area contributed by atoms with Crippen LogP contribution in [0.1, 0.15) is 39.2 Å². The van der Waals surface area contributed by atoms with E-state index in [9.17, 15) is 14.0 Å². The van der Waals surface area contributed by atoms with Gasteiger partial charge in [0.05, 0.1) is 10.9 Å². The van der Waals surface area contributed by atoms with E-state index in [-0.39, 0.29) is 17.6 Å². The van der Waals surface area contributed by atoms with Crippen LogP contribution in [0.2, 0.25) is 0 Å². The lowest BCUT2D eigenvalue weighted by molar-refractivity contribution is -0.125. The van der Waals surface area contributed by atoms with Crippen molar-refractivity contribution in [2.24, 2.45) is 15.9 Å². The fourth-order valence-corrected chi connectivity index (χ4v) is 4.71. The Morgan fingerprint density at radius 1 is 1.19 bits per heavy atom. The zero-order chi connectivity index (χ0) is 22.8. The summed E-state index contributed by atoms with van der Waals surface area (Å²) in [6.07, 6.45) is 1.18. The van der Waals surface area contributed by atoms with Crippen LogP contribution in [0.5, 0.6) is 0 Å². The Morgan fingerprint density at radius 3 is 2.59 bits per heavy atom. The number of hydrogen-bond acceptors (Lipinski definition) is 5. The standard InChI is InChI=1S/C24H25FN4O2S/c1-4-20(22(30)26-16-11-9-15(25)10-12-16)32-24-28-18-8-6-5-7-17(18)21-27-19(13-14(2)3)23(31)29(21)24/h5-12,14,19-20H,4,13H2,1-3H3,(H,26,30). The highest BCUT2D eigenvalue weighted by Crippen LogP contribution is 2.36. The van der Waals surface area contributed by atoms with Crippen molar-refractivity contribution in [1.29, 1.82) is 0 Å². The summed E-state index contributed by atoms with van der Waals surface area (Å²) in [6, 6.07) is 12.8. The second-order valence-corrected chi connectivity index (χ2v) is 9.36. The number of aliphatic imine (C=N–C) groups is 2. The van der Waals surface area contributed by atoms with Gasteiger partial charge < -0.3 is 5.32 Å². The highest BCUT2D eigenvalue weighted by Gasteiger charge is 2.42. The molecule has 2 amide bonds. The minimum atomic E-state index is -0.484. The molecular weight excluding hydrogens is 427 g/mol. The summed E-state index contributed by atoms with van der Waals surface area (Å²) in [4.78, 5) is 37.2. The third kappa shape index (κ3) is 4.46. The van der Waals surface area contributed by atoms with Crippen molar-refractivity contribution in [1.82, 2.24) is 4.90 Å². The van der Waals surface area contributed by atoms with E-state index in [0.717, 1.165) is 11.3 Å². The molecule has 166 valence electrons. The second-order valence-electron chi connectivity index (χ2n) is 8.19. The summed E-state index contributed by atoms with van der Waals surface area (Å²) in [7, 11) is 0. The van der Waals surface area contributed by atoms with Crippen LogP contribution in [-0.4, -0.2) is 39.0 Å². The minimum Gasteiger partial charge on any atom is -0.325 e. The number of carbonyl (C=O) groups is 2. The molecule has 0 saturated heterocycles. The molecule has 0 spiro atoms. The third-order valence-corrected chi connectivity index (χ3v) is 6.58. The summed E-state index contributed by atoms with van der Waals surface area (Å²) in [5.41, 5.74) is 2.07. The molecular formula is C24H25FN4O2S. The lowest BCUT2D eigenvalue weighted by atomic mass is 10.0. The topological polar surface area (TPSA) is 74.1 Å². The van der Waals surface area contributed by atoms with Crippen LogP contribution in [-0.2, 0) is 9.59 Å². The van der Waals surface area contributed by atoms with Crippen LogP contribution in [0.25, 0.3) is 0 Å². The maximum atomic E-state index is 13.2. The van der Waals surface area contributed by atoms with Gasteiger partial charge in [-0.1, -0.05) is 44.7 Å². The van der Waals surface area contributed by atoms with Crippen molar-refractivity contribution in [3.63, 3.8) is 0 Å². The average molecular weight is 453 g/mol. The quantitative estimate of drug-likeness (QED) is 0.672. The molecule has 0 saturated carbocycles. The van der Waals surface area contributed by atoms with Gasteiger partial charge in [-0.2, -0.15) is 0 Å². The fourth-order valence-electron chi connectivity index (χ4n) is 3.69. The Bertz CT molecular complexity index is 1100. The van der Waals surface area contributed by atoms with E-state index in [1.807, 2.05) is 31.2 Å². The average Bonchev–Trinajstić information content (AvgIpc) is 3.09. The molecule has 2 aliphatic heterocycles. The number of nitrogens with zero attached hydrogens (tertiary/aromatic N) is 3. The van der Waals surface area contributed by atoms with Crippen molar-refractivity contribution in [3.8, 4) is 0 Å². The van der Waals surface area contributed by atoms with Crippen LogP contribution in [0.15, 0.2) is 58.5 Å². The first-order chi connectivity index (χ1) is 15.4. The molecule has 2 aromatic rings. The van der Waals surface area contributed by atoms with Crippen molar-refractivity contribution in [2.45, 2.75) is 44.9 Å². The van der Waals surface area contributed by atoms with Gasteiger partial charge in [-0.15, -0.1) is 0 Å².